The highest BCUT2D eigenvalue weighted by Gasteiger charge is 2.12. The van der Waals surface area contributed by atoms with Crippen molar-refractivity contribution in [3.63, 3.8) is 0 Å². The Morgan fingerprint density at radius 1 is 1.08 bits per heavy atom. The van der Waals surface area contributed by atoms with Crippen LogP contribution in [0.4, 0.5) is 0 Å². The number of likely N-dealkylation sites (N-methyl/N-ethyl adjacent to an activating group) is 1. The van der Waals surface area contributed by atoms with Crippen molar-refractivity contribution in [1.29, 1.82) is 0 Å². The Morgan fingerprint density at radius 3 is 2.42 bits per heavy atom. The van der Waals surface area contributed by atoms with Crippen molar-refractivity contribution >= 4 is 11.8 Å². The number of carbonyl (C=O) groups is 2. The summed E-state index contributed by atoms with van der Waals surface area (Å²) >= 11 is 0. The van der Waals surface area contributed by atoms with Gasteiger partial charge in [-0.25, -0.2) is 0 Å². The van der Waals surface area contributed by atoms with E-state index in [-0.39, 0.29) is 18.4 Å². The number of carbonyl (C=O) groups excluding carboxylic acids is 2. The van der Waals surface area contributed by atoms with Crippen molar-refractivity contribution in [2.24, 2.45) is 0 Å². The quantitative estimate of drug-likeness (QED) is 0.788. The average molecular weight is 356 g/mol. The van der Waals surface area contributed by atoms with E-state index >= 15 is 0 Å². The number of aryl methyl sites for hydroxylation is 1. The van der Waals surface area contributed by atoms with E-state index in [1.165, 1.54) is 4.90 Å². The average Bonchev–Trinajstić information content (AvgIpc) is 2.66. The van der Waals surface area contributed by atoms with E-state index in [2.05, 4.69) is 5.32 Å². The molecule has 138 valence electrons. The molecule has 0 spiro atoms. The molecule has 2 rings (SSSR count). The van der Waals surface area contributed by atoms with Crippen LogP contribution in [0.15, 0.2) is 48.5 Å². The number of rotatable bonds is 8. The number of ether oxygens (including phenoxy) is 2. The summed E-state index contributed by atoms with van der Waals surface area (Å²) in [4.78, 5) is 25.7. The molecule has 0 unspecified atom stereocenters. The summed E-state index contributed by atoms with van der Waals surface area (Å²) in [6, 6.07) is 14.5. The van der Waals surface area contributed by atoms with Gasteiger partial charge < -0.3 is 19.7 Å². The third-order valence-electron chi connectivity index (χ3n) is 3.86. The van der Waals surface area contributed by atoms with Gasteiger partial charge in [-0.15, -0.1) is 0 Å². The first-order valence-corrected chi connectivity index (χ1v) is 8.35. The summed E-state index contributed by atoms with van der Waals surface area (Å²) in [6.45, 7) is 2.65. The van der Waals surface area contributed by atoms with Crippen molar-refractivity contribution in [3.8, 4) is 11.5 Å². The molecule has 0 aromatic heterocycles. The lowest BCUT2D eigenvalue weighted by Crippen LogP contribution is -2.39. The van der Waals surface area contributed by atoms with Gasteiger partial charge in [0.05, 0.1) is 20.2 Å². The van der Waals surface area contributed by atoms with Gasteiger partial charge in [0, 0.05) is 12.6 Å². The molecule has 6 heteroatoms. The van der Waals surface area contributed by atoms with Crippen LogP contribution >= 0.6 is 0 Å². The van der Waals surface area contributed by atoms with E-state index < -0.39 is 0 Å². The van der Waals surface area contributed by atoms with Gasteiger partial charge in [-0.05, 0) is 43.3 Å². The lowest BCUT2D eigenvalue weighted by molar-refractivity contribution is -0.129. The number of benzene rings is 2. The molecule has 0 aliphatic heterocycles. The van der Waals surface area contributed by atoms with Crippen molar-refractivity contribution in [2.45, 2.75) is 6.92 Å². The molecule has 1 N–H and O–H groups in total. The molecule has 6 nitrogen and oxygen atoms in total. The van der Waals surface area contributed by atoms with Crippen LogP contribution in [0.25, 0.3) is 0 Å². The van der Waals surface area contributed by atoms with Crippen LogP contribution in [0.3, 0.4) is 0 Å². The molecule has 0 aliphatic rings. The highest BCUT2D eigenvalue weighted by molar-refractivity contribution is 5.96. The Balaban J connectivity index is 1.72. The summed E-state index contributed by atoms with van der Waals surface area (Å²) in [5, 5.41) is 2.64. The normalized spacial score (nSPS) is 10.1. The van der Waals surface area contributed by atoms with E-state index in [9.17, 15) is 9.59 Å². The summed E-state index contributed by atoms with van der Waals surface area (Å²) in [7, 11) is 3.28. The SMILES string of the molecule is COc1ccc(OCCN(C)C(=O)CNC(=O)c2cccc(C)c2)cc1. The smallest absolute Gasteiger partial charge is 0.251 e. The first-order valence-electron chi connectivity index (χ1n) is 8.35. The highest BCUT2D eigenvalue weighted by Crippen LogP contribution is 2.16. The number of methoxy groups -OCH3 is 1. The van der Waals surface area contributed by atoms with Gasteiger partial charge in [0.1, 0.15) is 18.1 Å². The van der Waals surface area contributed by atoms with Crippen molar-refractivity contribution in [2.75, 3.05) is 33.9 Å². The summed E-state index contributed by atoms with van der Waals surface area (Å²) in [6.07, 6.45) is 0. The maximum atomic E-state index is 12.1. The predicted octanol–water partition coefficient (Wildman–Crippen LogP) is 2.27. The monoisotopic (exact) mass is 356 g/mol. The van der Waals surface area contributed by atoms with Gasteiger partial charge >= 0.3 is 0 Å². The minimum Gasteiger partial charge on any atom is -0.497 e. The van der Waals surface area contributed by atoms with Crippen LogP contribution < -0.4 is 14.8 Å². The zero-order valence-corrected chi connectivity index (χ0v) is 15.3. The predicted molar refractivity (Wildman–Crippen MR) is 99.6 cm³/mol. The van der Waals surface area contributed by atoms with Gasteiger partial charge in [0.15, 0.2) is 0 Å². The lowest BCUT2D eigenvalue weighted by Gasteiger charge is -2.18. The Morgan fingerprint density at radius 2 is 1.77 bits per heavy atom. The second kappa shape index (κ2) is 9.46. The minimum absolute atomic E-state index is 0.0498. The second-order valence-electron chi connectivity index (χ2n) is 5.89. The lowest BCUT2D eigenvalue weighted by atomic mass is 10.1. The van der Waals surface area contributed by atoms with E-state index in [1.54, 1.807) is 26.3 Å². The fraction of sp³-hybridized carbons (Fsp3) is 0.300. The van der Waals surface area contributed by atoms with Crippen LogP contribution in [0.5, 0.6) is 11.5 Å². The van der Waals surface area contributed by atoms with Crippen molar-refractivity contribution in [1.82, 2.24) is 10.2 Å². The molecular formula is C20H24N2O4. The highest BCUT2D eigenvalue weighted by atomic mass is 16.5. The molecule has 2 aromatic rings. The van der Waals surface area contributed by atoms with E-state index in [1.807, 2.05) is 43.3 Å². The largest absolute Gasteiger partial charge is 0.497 e. The van der Waals surface area contributed by atoms with Crippen LogP contribution in [0.1, 0.15) is 15.9 Å². The van der Waals surface area contributed by atoms with Crippen LogP contribution in [-0.4, -0.2) is 50.6 Å². The minimum atomic E-state index is -0.259. The second-order valence-corrected chi connectivity index (χ2v) is 5.89. The summed E-state index contributed by atoms with van der Waals surface area (Å²) in [5.74, 6) is 1.03. The fourth-order valence-corrected chi connectivity index (χ4v) is 2.28. The molecule has 0 radical (unpaired) electrons. The fourth-order valence-electron chi connectivity index (χ4n) is 2.28. The van der Waals surface area contributed by atoms with Gasteiger partial charge in [-0.1, -0.05) is 17.7 Å². The van der Waals surface area contributed by atoms with Gasteiger partial charge in [-0.3, -0.25) is 9.59 Å². The third-order valence-corrected chi connectivity index (χ3v) is 3.86. The van der Waals surface area contributed by atoms with E-state index in [0.29, 0.717) is 24.5 Å². The summed E-state index contributed by atoms with van der Waals surface area (Å²) in [5.41, 5.74) is 1.54. The maximum Gasteiger partial charge on any atom is 0.251 e. The zero-order chi connectivity index (χ0) is 18.9. The van der Waals surface area contributed by atoms with Crippen LogP contribution in [0, 0.1) is 6.92 Å². The molecule has 2 aromatic carbocycles. The molecule has 0 aliphatic carbocycles. The molecule has 26 heavy (non-hydrogen) atoms. The Kier molecular flexibility index (Phi) is 7.02. The molecule has 0 bridgehead atoms. The number of nitrogens with zero attached hydrogens (tertiary/aromatic N) is 1. The van der Waals surface area contributed by atoms with Crippen molar-refractivity contribution in [3.05, 3.63) is 59.7 Å². The van der Waals surface area contributed by atoms with Gasteiger partial charge in [0.25, 0.3) is 5.91 Å². The topological polar surface area (TPSA) is 67.9 Å². The zero-order valence-electron chi connectivity index (χ0n) is 15.3. The standard InChI is InChI=1S/C20H24N2O4/c1-15-5-4-6-16(13-15)20(24)21-14-19(23)22(2)11-12-26-18-9-7-17(25-3)8-10-18/h4-10,13H,11-12,14H2,1-3H3,(H,21,24). The maximum absolute atomic E-state index is 12.1. The Labute approximate surface area is 153 Å². The first kappa shape index (κ1) is 19.3. The number of hydrogen-bond acceptors (Lipinski definition) is 4. The van der Waals surface area contributed by atoms with E-state index in [4.69, 9.17) is 9.47 Å². The number of amides is 2. The molecular weight excluding hydrogens is 332 g/mol. The molecule has 0 fully saturated rings. The Bertz CT molecular complexity index is 744. The van der Waals surface area contributed by atoms with Crippen molar-refractivity contribution < 1.29 is 19.1 Å². The van der Waals surface area contributed by atoms with Gasteiger partial charge in [0.2, 0.25) is 5.91 Å². The molecule has 0 saturated carbocycles. The van der Waals surface area contributed by atoms with E-state index in [0.717, 1.165) is 11.3 Å². The van der Waals surface area contributed by atoms with Crippen LogP contribution in [0.2, 0.25) is 0 Å². The van der Waals surface area contributed by atoms with Crippen LogP contribution in [-0.2, 0) is 4.79 Å². The number of nitrogens with one attached hydrogen (secondary N) is 1. The molecule has 0 saturated heterocycles. The summed E-state index contributed by atoms with van der Waals surface area (Å²) < 4.78 is 10.7. The van der Waals surface area contributed by atoms with Gasteiger partial charge in [-0.2, -0.15) is 0 Å². The third kappa shape index (κ3) is 5.81. The Hall–Kier alpha value is -3.02. The molecule has 0 atom stereocenters. The molecule has 2 amide bonds. The number of hydrogen-bond donors (Lipinski definition) is 1. The first-order chi connectivity index (χ1) is 12.5. The molecule has 0 heterocycles.